The molecule has 2 rings (SSSR count). The lowest BCUT2D eigenvalue weighted by Crippen LogP contribution is -2.21. The van der Waals surface area contributed by atoms with Crippen molar-refractivity contribution in [3.05, 3.63) is 67.6 Å². The van der Waals surface area contributed by atoms with Gasteiger partial charge in [-0.2, -0.15) is 0 Å². The van der Waals surface area contributed by atoms with E-state index in [4.69, 9.17) is 16.3 Å². The van der Waals surface area contributed by atoms with Gasteiger partial charge in [0.2, 0.25) is 0 Å². The highest BCUT2D eigenvalue weighted by atomic mass is 79.9. The van der Waals surface area contributed by atoms with Crippen molar-refractivity contribution in [2.75, 3.05) is 11.9 Å². The zero-order valence-corrected chi connectivity index (χ0v) is 14.3. The summed E-state index contributed by atoms with van der Waals surface area (Å²) < 4.78 is 5.48. The predicted molar refractivity (Wildman–Crippen MR) is 91.2 cm³/mol. The summed E-state index contributed by atoms with van der Waals surface area (Å²) >= 11 is 9.13. The minimum atomic E-state index is -0.953. The molecule has 124 valence electrons. The number of esters is 1. The quantitative estimate of drug-likeness (QED) is 0.456. The first kappa shape index (κ1) is 17.9. The van der Waals surface area contributed by atoms with Gasteiger partial charge < -0.3 is 10.1 Å². The van der Waals surface area contributed by atoms with Crippen LogP contribution in [0.4, 0.5) is 11.4 Å². The number of nitrogens with one attached hydrogen (secondary N) is 1. The Kier molecular flexibility index (Phi) is 5.88. The number of nitro groups is 1. The number of rotatable bonds is 5. The maximum absolute atomic E-state index is 11.9. The summed E-state index contributed by atoms with van der Waals surface area (Å²) in [6, 6.07) is 10.1. The van der Waals surface area contributed by atoms with E-state index in [0.29, 0.717) is 15.2 Å². The van der Waals surface area contributed by atoms with Gasteiger partial charge in [-0.05, 0) is 40.2 Å². The highest BCUT2D eigenvalue weighted by molar-refractivity contribution is 9.10. The van der Waals surface area contributed by atoms with Crippen LogP contribution in [0.15, 0.2) is 46.9 Å². The number of anilines is 1. The van der Waals surface area contributed by atoms with E-state index < -0.39 is 23.4 Å². The molecule has 0 aliphatic heterocycles. The predicted octanol–water partition coefficient (Wildman–Crippen LogP) is 3.81. The molecule has 0 fully saturated rings. The minimum Gasteiger partial charge on any atom is -0.452 e. The van der Waals surface area contributed by atoms with Gasteiger partial charge in [0.15, 0.2) is 6.61 Å². The third-order valence-corrected chi connectivity index (χ3v) is 4.09. The van der Waals surface area contributed by atoms with Gasteiger partial charge in [-0.25, -0.2) is 4.79 Å². The summed E-state index contributed by atoms with van der Waals surface area (Å²) in [6.45, 7) is -0.585. The van der Waals surface area contributed by atoms with Crippen LogP contribution in [0.2, 0.25) is 5.02 Å². The summed E-state index contributed by atoms with van der Waals surface area (Å²) in [5.74, 6) is -1.55. The first-order valence-corrected chi connectivity index (χ1v) is 7.71. The van der Waals surface area contributed by atoms with Gasteiger partial charge in [-0.15, -0.1) is 0 Å². The Hall–Kier alpha value is -2.45. The van der Waals surface area contributed by atoms with Crippen LogP contribution in [0.3, 0.4) is 0 Å². The van der Waals surface area contributed by atoms with Crippen LogP contribution < -0.4 is 5.32 Å². The maximum Gasteiger partial charge on any atom is 0.345 e. The molecule has 0 radical (unpaired) electrons. The van der Waals surface area contributed by atoms with Crippen molar-refractivity contribution in [1.29, 1.82) is 0 Å². The average molecular weight is 414 g/mol. The second-order valence-corrected chi connectivity index (χ2v) is 5.79. The van der Waals surface area contributed by atoms with Crippen LogP contribution in [0.1, 0.15) is 10.4 Å². The third-order valence-electron chi connectivity index (χ3n) is 2.86. The molecule has 24 heavy (non-hydrogen) atoms. The van der Waals surface area contributed by atoms with Crippen LogP contribution in [0.5, 0.6) is 0 Å². The zero-order valence-electron chi connectivity index (χ0n) is 12.0. The first-order chi connectivity index (χ1) is 11.4. The van der Waals surface area contributed by atoms with E-state index in [9.17, 15) is 19.7 Å². The van der Waals surface area contributed by atoms with E-state index in [0.717, 1.165) is 0 Å². The van der Waals surface area contributed by atoms with E-state index in [1.165, 1.54) is 30.3 Å². The van der Waals surface area contributed by atoms with Gasteiger partial charge in [0.05, 0.1) is 9.95 Å². The molecular formula is C15H10BrClN2O5. The van der Waals surface area contributed by atoms with Gasteiger partial charge in [-0.1, -0.05) is 23.7 Å². The standard InChI is InChI=1S/C15H10BrClN2O5/c16-11-6-5-9(7-12(11)17)18-14(20)8-24-15(21)10-3-1-2-4-13(10)19(22)23/h1-7H,8H2,(H,18,20). The molecule has 0 saturated heterocycles. The van der Waals surface area contributed by atoms with Crippen molar-refractivity contribution in [3.8, 4) is 0 Å². The Morgan fingerprint density at radius 1 is 1.25 bits per heavy atom. The normalized spacial score (nSPS) is 10.1. The minimum absolute atomic E-state index is 0.220. The van der Waals surface area contributed by atoms with E-state index >= 15 is 0 Å². The van der Waals surface area contributed by atoms with Crippen LogP contribution in [0.25, 0.3) is 0 Å². The number of hydrogen-bond acceptors (Lipinski definition) is 5. The van der Waals surface area contributed by atoms with Crippen molar-refractivity contribution in [2.45, 2.75) is 0 Å². The fourth-order valence-corrected chi connectivity index (χ4v) is 2.21. The summed E-state index contributed by atoms with van der Waals surface area (Å²) in [4.78, 5) is 33.9. The Labute approximate surface area is 149 Å². The molecule has 1 N–H and O–H groups in total. The van der Waals surface area contributed by atoms with Crippen molar-refractivity contribution in [2.24, 2.45) is 0 Å². The lowest BCUT2D eigenvalue weighted by molar-refractivity contribution is -0.385. The molecule has 0 aliphatic rings. The number of amides is 1. The molecule has 0 aliphatic carbocycles. The summed E-state index contributed by atoms with van der Waals surface area (Å²) in [6.07, 6.45) is 0. The van der Waals surface area contributed by atoms with Gasteiger partial charge in [0.1, 0.15) is 5.56 Å². The SMILES string of the molecule is O=C(COC(=O)c1ccccc1[N+](=O)[O-])Nc1ccc(Br)c(Cl)c1. The third kappa shape index (κ3) is 4.53. The van der Waals surface area contributed by atoms with E-state index in [1.807, 2.05) is 0 Å². The number of carbonyl (C=O) groups excluding carboxylic acids is 2. The number of nitro benzene ring substituents is 1. The largest absolute Gasteiger partial charge is 0.452 e. The molecule has 0 spiro atoms. The monoisotopic (exact) mass is 412 g/mol. The second-order valence-electron chi connectivity index (χ2n) is 4.53. The average Bonchev–Trinajstić information content (AvgIpc) is 2.56. The molecule has 0 atom stereocenters. The van der Waals surface area contributed by atoms with E-state index in [2.05, 4.69) is 21.2 Å². The van der Waals surface area contributed by atoms with Gasteiger partial charge in [0, 0.05) is 16.2 Å². The number of ether oxygens (including phenoxy) is 1. The maximum atomic E-state index is 11.9. The van der Waals surface area contributed by atoms with E-state index in [1.54, 1.807) is 12.1 Å². The number of carbonyl (C=O) groups is 2. The number of hydrogen-bond donors (Lipinski definition) is 1. The zero-order chi connectivity index (χ0) is 17.7. The van der Waals surface area contributed by atoms with Crippen LogP contribution in [-0.4, -0.2) is 23.4 Å². The highest BCUT2D eigenvalue weighted by Gasteiger charge is 2.21. The van der Waals surface area contributed by atoms with Gasteiger partial charge >= 0.3 is 5.97 Å². The number of para-hydroxylation sites is 1. The highest BCUT2D eigenvalue weighted by Crippen LogP contribution is 2.25. The van der Waals surface area contributed by atoms with Crippen LogP contribution >= 0.6 is 27.5 Å². The summed E-state index contributed by atoms with van der Waals surface area (Å²) in [5.41, 5.74) is -0.181. The topological polar surface area (TPSA) is 98.5 Å². The Morgan fingerprint density at radius 3 is 2.62 bits per heavy atom. The molecule has 0 bridgehead atoms. The number of nitrogens with zero attached hydrogens (tertiary/aromatic N) is 1. The van der Waals surface area contributed by atoms with Crippen molar-refractivity contribution >= 4 is 50.8 Å². The molecule has 1 amide bonds. The van der Waals surface area contributed by atoms with Gasteiger partial charge in [0.25, 0.3) is 11.6 Å². The molecule has 7 nitrogen and oxygen atoms in total. The fourth-order valence-electron chi connectivity index (χ4n) is 1.79. The van der Waals surface area contributed by atoms with Crippen molar-refractivity contribution < 1.29 is 19.2 Å². The molecule has 0 aromatic heterocycles. The van der Waals surface area contributed by atoms with Gasteiger partial charge in [-0.3, -0.25) is 14.9 Å². The molecule has 0 saturated carbocycles. The smallest absolute Gasteiger partial charge is 0.345 e. The molecule has 0 unspecified atom stereocenters. The van der Waals surface area contributed by atoms with Crippen LogP contribution in [-0.2, 0) is 9.53 Å². The molecule has 2 aromatic carbocycles. The molecule has 9 heteroatoms. The summed E-state index contributed by atoms with van der Waals surface area (Å²) in [5, 5.41) is 13.8. The lowest BCUT2D eigenvalue weighted by Gasteiger charge is -2.07. The first-order valence-electron chi connectivity index (χ1n) is 6.54. The van der Waals surface area contributed by atoms with Crippen molar-refractivity contribution in [1.82, 2.24) is 0 Å². The molecule has 0 heterocycles. The Balaban J connectivity index is 1.97. The second kappa shape index (κ2) is 7.89. The Morgan fingerprint density at radius 2 is 1.96 bits per heavy atom. The fraction of sp³-hybridized carbons (Fsp3) is 0.0667. The summed E-state index contributed by atoms with van der Waals surface area (Å²) in [7, 11) is 0. The molecule has 2 aromatic rings. The lowest BCUT2D eigenvalue weighted by atomic mass is 10.2. The number of benzene rings is 2. The molecular weight excluding hydrogens is 404 g/mol. The van der Waals surface area contributed by atoms with Crippen LogP contribution in [0, 0.1) is 10.1 Å². The van der Waals surface area contributed by atoms with E-state index in [-0.39, 0.29) is 11.3 Å². The Bertz CT molecular complexity index is 812. The number of halogens is 2. The van der Waals surface area contributed by atoms with Crippen molar-refractivity contribution in [3.63, 3.8) is 0 Å².